The smallest absolute Gasteiger partial charge is 0.239 e. The number of hydrazine groups is 1. The average Bonchev–Trinajstić information content (AvgIpc) is 2.87. The predicted octanol–water partition coefficient (Wildman–Crippen LogP) is 0.818. The summed E-state index contributed by atoms with van der Waals surface area (Å²) in [5.74, 6) is 5.12. The summed E-state index contributed by atoms with van der Waals surface area (Å²) in [7, 11) is 0. The van der Waals surface area contributed by atoms with Gasteiger partial charge in [-0.1, -0.05) is 6.92 Å². The highest BCUT2D eigenvalue weighted by molar-refractivity contribution is 6.00. The summed E-state index contributed by atoms with van der Waals surface area (Å²) in [4.78, 5) is 25.0. The first-order chi connectivity index (χ1) is 9.65. The Morgan fingerprint density at radius 3 is 2.75 bits per heavy atom. The van der Waals surface area contributed by atoms with Crippen molar-refractivity contribution in [3.8, 4) is 5.75 Å². The number of hydrogen-bond acceptors (Lipinski definition) is 4. The number of rotatable bonds is 5. The Kier molecular flexibility index (Phi) is 4.57. The Balaban J connectivity index is 2.04. The van der Waals surface area contributed by atoms with E-state index in [-0.39, 0.29) is 24.2 Å². The Morgan fingerprint density at radius 2 is 2.15 bits per heavy atom. The van der Waals surface area contributed by atoms with E-state index in [1.165, 1.54) is 0 Å². The molecule has 0 spiro atoms. The minimum atomic E-state index is -0.386. The van der Waals surface area contributed by atoms with E-state index in [0.29, 0.717) is 13.2 Å². The largest absolute Gasteiger partial charge is 0.494 e. The number of carbonyl (C=O) groups excluding carboxylic acids is 2. The molecule has 0 saturated carbocycles. The molecule has 1 aliphatic rings. The maximum Gasteiger partial charge on any atom is 0.239 e. The van der Waals surface area contributed by atoms with Crippen LogP contribution in [0, 0.1) is 5.92 Å². The minimum Gasteiger partial charge on any atom is -0.494 e. The van der Waals surface area contributed by atoms with Crippen molar-refractivity contribution in [3.63, 3.8) is 0 Å². The van der Waals surface area contributed by atoms with E-state index < -0.39 is 0 Å². The maximum atomic E-state index is 11.9. The molecule has 1 saturated heterocycles. The Hall–Kier alpha value is -2.08. The summed E-state index contributed by atoms with van der Waals surface area (Å²) in [5, 5.41) is 0. The number of anilines is 1. The van der Waals surface area contributed by atoms with Crippen molar-refractivity contribution in [2.24, 2.45) is 11.8 Å². The molecule has 1 aromatic rings. The molecule has 3 N–H and O–H groups in total. The van der Waals surface area contributed by atoms with Crippen LogP contribution < -0.4 is 20.9 Å². The number of hydrogen-bond donors (Lipinski definition) is 2. The molecule has 0 aliphatic carbocycles. The van der Waals surface area contributed by atoms with Gasteiger partial charge in [-0.05, 0) is 30.7 Å². The molecule has 1 aliphatic heterocycles. The van der Waals surface area contributed by atoms with Crippen LogP contribution in [0.3, 0.4) is 0 Å². The third-order valence-corrected chi connectivity index (χ3v) is 3.26. The molecule has 2 amide bonds. The molecule has 1 heterocycles. The van der Waals surface area contributed by atoms with Gasteiger partial charge >= 0.3 is 0 Å². The van der Waals surface area contributed by atoms with Gasteiger partial charge < -0.3 is 9.64 Å². The van der Waals surface area contributed by atoms with Crippen LogP contribution >= 0.6 is 0 Å². The summed E-state index contributed by atoms with van der Waals surface area (Å²) in [6.07, 6.45) is 1.14. The molecule has 6 nitrogen and oxygen atoms in total. The van der Waals surface area contributed by atoms with Gasteiger partial charge in [0.1, 0.15) is 5.75 Å². The van der Waals surface area contributed by atoms with Crippen molar-refractivity contribution in [3.05, 3.63) is 24.3 Å². The number of nitrogens with zero attached hydrogens (tertiary/aromatic N) is 1. The molecule has 0 radical (unpaired) electrons. The first-order valence-electron chi connectivity index (χ1n) is 6.69. The zero-order chi connectivity index (χ0) is 14.5. The zero-order valence-corrected chi connectivity index (χ0v) is 11.5. The van der Waals surface area contributed by atoms with Gasteiger partial charge in [0.15, 0.2) is 0 Å². The van der Waals surface area contributed by atoms with E-state index in [1.807, 2.05) is 31.2 Å². The van der Waals surface area contributed by atoms with Crippen LogP contribution in [-0.2, 0) is 9.59 Å². The average molecular weight is 277 g/mol. The van der Waals surface area contributed by atoms with E-state index in [0.717, 1.165) is 17.9 Å². The standard InChI is InChI=1S/C14H19N3O3/c1-2-7-20-12-5-3-11(4-6-12)17-9-10(8-13(17)18)14(19)16-15/h3-6,10H,2,7-9,15H2,1H3,(H,16,19)/t10-/m0/s1. The highest BCUT2D eigenvalue weighted by atomic mass is 16.5. The van der Waals surface area contributed by atoms with Crippen LogP contribution in [0.15, 0.2) is 24.3 Å². The second-order valence-corrected chi connectivity index (χ2v) is 4.76. The number of nitrogens with two attached hydrogens (primary N) is 1. The molecule has 1 aromatic carbocycles. The van der Waals surface area contributed by atoms with Gasteiger partial charge in [0.25, 0.3) is 0 Å². The fourth-order valence-corrected chi connectivity index (χ4v) is 2.19. The lowest BCUT2D eigenvalue weighted by Crippen LogP contribution is -2.37. The fraction of sp³-hybridized carbons (Fsp3) is 0.429. The van der Waals surface area contributed by atoms with Gasteiger partial charge in [-0.15, -0.1) is 0 Å². The van der Waals surface area contributed by atoms with E-state index in [9.17, 15) is 9.59 Å². The first kappa shape index (κ1) is 14.3. The van der Waals surface area contributed by atoms with Gasteiger partial charge in [-0.3, -0.25) is 15.0 Å². The first-order valence-corrected chi connectivity index (χ1v) is 6.69. The Bertz CT molecular complexity index is 487. The molecular formula is C14H19N3O3. The lowest BCUT2D eigenvalue weighted by atomic mass is 10.1. The van der Waals surface area contributed by atoms with Crippen LogP contribution in [0.4, 0.5) is 5.69 Å². The van der Waals surface area contributed by atoms with Crippen LogP contribution in [0.25, 0.3) is 0 Å². The zero-order valence-electron chi connectivity index (χ0n) is 11.5. The third kappa shape index (κ3) is 3.08. The van der Waals surface area contributed by atoms with Gasteiger partial charge in [-0.25, -0.2) is 5.84 Å². The summed E-state index contributed by atoms with van der Waals surface area (Å²) in [6, 6.07) is 7.31. The number of benzene rings is 1. The highest BCUT2D eigenvalue weighted by Crippen LogP contribution is 2.26. The molecule has 0 bridgehead atoms. The number of amides is 2. The quantitative estimate of drug-likeness (QED) is 0.474. The molecular weight excluding hydrogens is 258 g/mol. The van der Waals surface area contributed by atoms with Crippen LogP contribution in [0.1, 0.15) is 19.8 Å². The molecule has 1 atom stereocenters. The van der Waals surface area contributed by atoms with Crippen molar-refractivity contribution in [1.29, 1.82) is 0 Å². The Labute approximate surface area is 117 Å². The third-order valence-electron chi connectivity index (χ3n) is 3.26. The topological polar surface area (TPSA) is 84.7 Å². The second-order valence-electron chi connectivity index (χ2n) is 4.76. The second kappa shape index (κ2) is 6.38. The summed E-state index contributed by atoms with van der Waals surface area (Å²) in [6.45, 7) is 3.07. The van der Waals surface area contributed by atoms with Crippen molar-refractivity contribution in [1.82, 2.24) is 5.43 Å². The fourth-order valence-electron chi connectivity index (χ4n) is 2.19. The molecule has 108 valence electrons. The van der Waals surface area contributed by atoms with E-state index in [4.69, 9.17) is 10.6 Å². The molecule has 2 rings (SSSR count). The van der Waals surface area contributed by atoms with Crippen molar-refractivity contribution < 1.29 is 14.3 Å². The maximum absolute atomic E-state index is 11.9. The summed E-state index contributed by atoms with van der Waals surface area (Å²) < 4.78 is 5.49. The van der Waals surface area contributed by atoms with Gasteiger partial charge in [0.05, 0.1) is 12.5 Å². The van der Waals surface area contributed by atoms with E-state index >= 15 is 0 Å². The number of carbonyl (C=O) groups is 2. The van der Waals surface area contributed by atoms with Crippen LogP contribution in [-0.4, -0.2) is 25.0 Å². The lowest BCUT2D eigenvalue weighted by molar-refractivity contribution is -0.126. The van der Waals surface area contributed by atoms with E-state index in [1.54, 1.807) is 4.90 Å². The van der Waals surface area contributed by atoms with Crippen LogP contribution in [0.2, 0.25) is 0 Å². The van der Waals surface area contributed by atoms with Gasteiger partial charge in [0, 0.05) is 18.7 Å². The normalized spacial score (nSPS) is 18.2. The van der Waals surface area contributed by atoms with Gasteiger partial charge in [-0.2, -0.15) is 0 Å². The van der Waals surface area contributed by atoms with Crippen molar-refractivity contribution >= 4 is 17.5 Å². The summed E-state index contributed by atoms with van der Waals surface area (Å²) >= 11 is 0. The molecule has 6 heteroatoms. The molecule has 20 heavy (non-hydrogen) atoms. The molecule has 0 aromatic heterocycles. The van der Waals surface area contributed by atoms with Crippen molar-refractivity contribution in [2.45, 2.75) is 19.8 Å². The van der Waals surface area contributed by atoms with E-state index in [2.05, 4.69) is 5.43 Å². The SMILES string of the molecule is CCCOc1ccc(N2C[C@@H](C(=O)NN)CC2=O)cc1. The Morgan fingerprint density at radius 1 is 1.45 bits per heavy atom. The molecule has 0 unspecified atom stereocenters. The lowest BCUT2D eigenvalue weighted by Gasteiger charge is -2.17. The number of ether oxygens (including phenoxy) is 1. The highest BCUT2D eigenvalue weighted by Gasteiger charge is 2.34. The van der Waals surface area contributed by atoms with Crippen molar-refractivity contribution in [2.75, 3.05) is 18.1 Å². The van der Waals surface area contributed by atoms with Crippen LogP contribution in [0.5, 0.6) is 5.75 Å². The molecule has 1 fully saturated rings. The predicted molar refractivity (Wildman–Crippen MR) is 75.0 cm³/mol. The monoisotopic (exact) mass is 277 g/mol. The summed E-state index contributed by atoms with van der Waals surface area (Å²) in [5.41, 5.74) is 2.86. The number of nitrogens with one attached hydrogen (secondary N) is 1. The minimum absolute atomic E-state index is 0.0687. The van der Waals surface area contributed by atoms with Gasteiger partial charge in [0.2, 0.25) is 11.8 Å².